The molecule has 0 spiro atoms. The van der Waals surface area contributed by atoms with Crippen LogP contribution in [0.4, 0.5) is 23.7 Å². The summed E-state index contributed by atoms with van der Waals surface area (Å²) < 4.78 is 44.3. The van der Waals surface area contributed by atoms with Gasteiger partial charge in [-0.2, -0.15) is 13.2 Å². The molecular formula is C26H22Cl2F3N3O3. The summed E-state index contributed by atoms with van der Waals surface area (Å²) >= 11 is 12.1. The molecule has 0 saturated carbocycles. The summed E-state index contributed by atoms with van der Waals surface area (Å²) in [6.07, 6.45) is -4.54. The second-order valence-electron chi connectivity index (χ2n) is 8.30. The SMILES string of the molecule is COc1ccccc1NC(=O)N(Cc1ccc(C(F)(F)F)cc1)C[C@@H]1CC(c2ccc(Cl)c(Cl)c2)=NO1. The molecule has 0 bridgehead atoms. The van der Waals surface area contributed by atoms with Gasteiger partial charge in [-0.3, -0.25) is 0 Å². The van der Waals surface area contributed by atoms with Crippen molar-refractivity contribution in [2.75, 3.05) is 19.0 Å². The molecule has 2 amide bonds. The molecule has 3 aromatic carbocycles. The Kier molecular flexibility index (Phi) is 8.14. The van der Waals surface area contributed by atoms with Gasteiger partial charge in [0.15, 0.2) is 6.10 Å². The molecule has 0 aromatic heterocycles. The van der Waals surface area contributed by atoms with E-state index in [2.05, 4.69) is 10.5 Å². The quantitative estimate of drug-likeness (QED) is 0.336. The average Bonchev–Trinajstić information content (AvgIpc) is 3.34. The summed E-state index contributed by atoms with van der Waals surface area (Å²) in [6.45, 7) is 0.164. The zero-order valence-electron chi connectivity index (χ0n) is 19.6. The number of hydrogen-bond donors (Lipinski definition) is 1. The molecule has 4 rings (SSSR count). The molecule has 1 aliphatic heterocycles. The van der Waals surface area contributed by atoms with E-state index in [4.69, 9.17) is 32.8 Å². The maximum Gasteiger partial charge on any atom is 0.416 e. The molecule has 1 heterocycles. The summed E-state index contributed by atoms with van der Waals surface area (Å²) in [5, 5.41) is 7.74. The third-order valence-corrected chi connectivity index (χ3v) is 6.44. The predicted octanol–water partition coefficient (Wildman–Crippen LogP) is 7.25. The highest BCUT2D eigenvalue weighted by atomic mass is 35.5. The lowest BCUT2D eigenvalue weighted by atomic mass is 10.0. The minimum Gasteiger partial charge on any atom is -0.495 e. The summed E-state index contributed by atoms with van der Waals surface area (Å²) in [4.78, 5) is 20.3. The Morgan fingerprint density at radius 3 is 2.51 bits per heavy atom. The molecule has 0 saturated heterocycles. The predicted molar refractivity (Wildman–Crippen MR) is 136 cm³/mol. The molecule has 3 aromatic rings. The van der Waals surface area contributed by atoms with Gasteiger partial charge in [0.2, 0.25) is 0 Å². The van der Waals surface area contributed by atoms with Crippen LogP contribution in [-0.2, 0) is 17.6 Å². The van der Waals surface area contributed by atoms with Crippen LogP contribution in [0.15, 0.2) is 71.9 Å². The smallest absolute Gasteiger partial charge is 0.416 e. The van der Waals surface area contributed by atoms with Crippen molar-refractivity contribution in [3.05, 3.63) is 93.5 Å². The first kappa shape index (κ1) is 26.6. The zero-order chi connectivity index (χ0) is 26.6. The summed E-state index contributed by atoms with van der Waals surface area (Å²) in [7, 11) is 1.49. The van der Waals surface area contributed by atoms with Crippen molar-refractivity contribution in [1.82, 2.24) is 4.90 Å². The van der Waals surface area contributed by atoms with Crippen molar-refractivity contribution < 1.29 is 27.5 Å². The number of methoxy groups -OCH3 is 1. The number of ether oxygens (including phenoxy) is 1. The van der Waals surface area contributed by atoms with Crippen molar-refractivity contribution in [3.63, 3.8) is 0 Å². The highest BCUT2D eigenvalue weighted by Gasteiger charge is 2.31. The van der Waals surface area contributed by atoms with E-state index in [1.807, 2.05) is 0 Å². The highest BCUT2D eigenvalue weighted by Crippen LogP contribution is 2.30. The number of alkyl halides is 3. The number of urea groups is 1. The van der Waals surface area contributed by atoms with Gasteiger partial charge in [-0.05, 0) is 42.0 Å². The number of rotatable bonds is 7. The van der Waals surface area contributed by atoms with Gasteiger partial charge in [0.1, 0.15) is 5.75 Å². The fourth-order valence-electron chi connectivity index (χ4n) is 3.80. The first-order chi connectivity index (χ1) is 17.6. The number of nitrogens with zero attached hydrogens (tertiary/aromatic N) is 2. The molecule has 11 heteroatoms. The maximum absolute atomic E-state index is 13.3. The van der Waals surface area contributed by atoms with Crippen LogP contribution in [-0.4, -0.2) is 36.4 Å². The van der Waals surface area contributed by atoms with Gasteiger partial charge in [0.05, 0.1) is 40.7 Å². The number of nitrogens with one attached hydrogen (secondary N) is 1. The molecule has 194 valence electrons. The van der Waals surface area contributed by atoms with Gasteiger partial charge >= 0.3 is 12.2 Å². The van der Waals surface area contributed by atoms with Crippen molar-refractivity contribution in [2.45, 2.75) is 25.2 Å². The lowest BCUT2D eigenvalue weighted by Gasteiger charge is -2.26. The molecule has 6 nitrogen and oxygen atoms in total. The van der Waals surface area contributed by atoms with Crippen LogP contribution in [0.2, 0.25) is 10.0 Å². The molecule has 1 aliphatic rings. The minimum absolute atomic E-state index is 0.0427. The Balaban J connectivity index is 1.51. The number of para-hydroxylation sites is 2. The molecule has 1 N–H and O–H groups in total. The van der Waals surface area contributed by atoms with E-state index in [9.17, 15) is 18.0 Å². The van der Waals surface area contributed by atoms with Gasteiger partial charge in [-0.1, -0.05) is 58.7 Å². The molecule has 0 fully saturated rings. The highest BCUT2D eigenvalue weighted by molar-refractivity contribution is 6.42. The fraction of sp³-hybridized carbons (Fsp3) is 0.231. The van der Waals surface area contributed by atoms with E-state index in [0.717, 1.165) is 17.7 Å². The Morgan fingerprint density at radius 2 is 1.84 bits per heavy atom. The topological polar surface area (TPSA) is 63.2 Å². The number of hydrogen-bond acceptors (Lipinski definition) is 4. The van der Waals surface area contributed by atoms with Gasteiger partial charge in [-0.25, -0.2) is 4.79 Å². The molecular weight excluding hydrogens is 530 g/mol. The first-order valence-electron chi connectivity index (χ1n) is 11.2. The van der Waals surface area contributed by atoms with Crippen molar-refractivity contribution in [1.29, 1.82) is 0 Å². The lowest BCUT2D eigenvalue weighted by Crippen LogP contribution is -2.40. The molecule has 0 radical (unpaired) electrons. The number of benzene rings is 3. The average molecular weight is 552 g/mol. The summed E-state index contributed by atoms with van der Waals surface area (Å²) in [5.74, 6) is 0.465. The Bertz CT molecular complexity index is 1300. The largest absolute Gasteiger partial charge is 0.495 e. The van der Waals surface area contributed by atoms with E-state index >= 15 is 0 Å². The van der Waals surface area contributed by atoms with Gasteiger partial charge in [-0.15, -0.1) is 0 Å². The van der Waals surface area contributed by atoms with Crippen molar-refractivity contribution in [2.24, 2.45) is 5.16 Å². The van der Waals surface area contributed by atoms with Crippen LogP contribution in [0.3, 0.4) is 0 Å². The van der Waals surface area contributed by atoms with Gasteiger partial charge < -0.3 is 19.8 Å². The van der Waals surface area contributed by atoms with E-state index < -0.39 is 23.9 Å². The van der Waals surface area contributed by atoms with E-state index in [1.165, 1.54) is 24.1 Å². The molecule has 37 heavy (non-hydrogen) atoms. The number of oxime groups is 1. The Hall–Kier alpha value is -3.43. The number of halogens is 5. The third kappa shape index (κ3) is 6.67. The van der Waals surface area contributed by atoms with Crippen molar-refractivity contribution >= 4 is 40.6 Å². The van der Waals surface area contributed by atoms with Crippen LogP contribution in [0.1, 0.15) is 23.1 Å². The summed E-state index contributed by atoms with van der Waals surface area (Å²) in [5.41, 5.74) is 1.59. The normalized spacial score (nSPS) is 15.1. The second-order valence-corrected chi connectivity index (χ2v) is 9.12. The minimum atomic E-state index is -4.45. The van der Waals surface area contributed by atoms with Crippen LogP contribution < -0.4 is 10.1 Å². The second kappa shape index (κ2) is 11.3. The van der Waals surface area contributed by atoms with Crippen molar-refractivity contribution in [3.8, 4) is 5.75 Å². The van der Waals surface area contributed by atoms with E-state index in [0.29, 0.717) is 39.2 Å². The summed E-state index contributed by atoms with van der Waals surface area (Å²) in [6, 6.07) is 16.2. The zero-order valence-corrected chi connectivity index (χ0v) is 21.1. The molecule has 1 atom stereocenters. The molecule has 0 aliphatic carbocycles. The lowest BCUT2D eigenvalue weighted by molar-refractivity contribution is -0.137. The Morgan fingerprint density at radius 1 is 1.11 bits per heavy atom. The van der Waals surface area contributed by atoms with Crippen LogP contribution in [0.5, 0.6) is 5.75 Å². The fourth-order valence-corrected chi connectivity index (χ4v) is 4.10. The van der Waals surface area contributed by atoms with E-state index in [1.54, 1.807) is 42.5 Å². The van der Waals surface area contributed by atoms with Crippen LogP contribution in [0.25, 0.3) is 0 Å². The number of amides is 2. The Labute approximate surface area is 221 Å². The van der Waals surface area contributed by atoms with Crippen LogP contribution >= 0.6 is 23.2 Å². The number of carbonyl (C=O) groups is 1. The monoisotopic (exact) mass is 551 g/mol. The van der Waals surface area contributed by atoms with Gasteiger partial charge in [0.25, 0.3) is 0 Å². The van der Waals surface area contributed by atoms with E-state index in [-0.39, 0.29) is 13.1 Å². The number of carbonyl (C=O) groups excluding carboxylic acids is 1. The third-order valence-electron chi connectivity index (χ3n) is 5.70. The van der Waals surface area contributed by atoms with Gasteiger partial charge in [0, 0.05) is 18.5 Å². The number of anilines is 1. The molecule has 0 unspecified atom stereocenters. The maximum atomic E-state index is 13.3. The van der Waals surface area contributed by atoms with Crippen LogP contribution in [0, 0.1) is 0 Å². The standard InChI is InChI=1S/C26H22Cl2F3N3O3/c1-36-24-5-3-2-4-22(24)32-25(35)34(14-16-6-9-18(10-7-16)26(29,30)31)15-19-13-23(33-37-19)17-8-11-20(27)21(28)12-17/h2-12,19H,13-15H2,1H3,(H,32,35)/t19-/m0/s1. The first-order valence-corrected chi connectivity index (χ1v) is 11.9.